The first kappa shape index (κ1) is 14.5. The molecule has 0 N–H and O–H groups in total. The molecule has 2 heterocycles. The zero-order valence-electron chi connectivity index (χ0n) is 11.0. The standard InChI is InChI=1S/C13H9F3N4OS/c14-13(15,16)10-4-1-3-9(7-10)8-19-12(21)20(18-17-19)11-5-2-6-22-11/h1-7H,8H2. The van der Waals surface area contributed by atoms with Gasteiger partial charge in [0.2, 0.25) is 0 Å². The summed E-state index contributed by atoms with van der Waals surface area (Å²) in [5, 5.41) is 9.82. The molecule has 0 amide bonds. The van der Waals surface area contributed by atoms with Crippen LogP contribution in [0.1, 0.15) is 11.1 Å². The molecule has 0 fully saturated rings. The first-order valence-electron chi connectivity index (χ1n) is 6.18. The monoisotopic (exact) mass is 326 g/mol. The van der Waals surface area contributed by atoms with Crippen LogP contribution in [0.3, 0.4) is 0 Å². The van der Waals surface area contributed by atoms with Crippen LogP contribution in [-0.2, 0) is 12.7 Å². The highest BCUT2D eigenvalue weighted by Crippen LogP contribution is 2.29. The van der Waals surface area contributed by atoms with E-state index in [9.17, 15) is 18.0 Å². The van der Waals surface area contributed by atoms with Gasteiger partial charge in [0, 0.05) is 0 Å². The summed E-state index contributed by atoms with van der Waals surface area (Å²) in [6, 6.07) is 8.25. The van der Waals surface area contributed by atoms with E-state index in [2.05, 4.69) is 10.4 Å². The van der Waals surface area contributed by atoms with E-state index >= 15 is 0 Å². The second-order valence-electron chi connectivity index (χ2n) is 4.48. The third-order valence-electron chi connectivity index (χ3n) is 2.94. The fourth-order valence-corrected chi connectivity index (χ4v) is 2.59. The van der Waals surface area contributed by atoms with Crippen molar-refractivity contribution in [2.45, 2.75) is 12.7 Å². The third kappa shape index (κ3) is 2.80. The number of hydrogen-bond donors (Lipinski definition) is 0. The van der Waals surface area contributed by atoms with Gasteiger partial charge in [-0.25, -0.2) is 4.79 Å². The molecule has 0 radical (unpaired) electrons. The van der Waals surface area contributed by atoms with Crippen molar-refractivity contribution in [3.63, 3.8) is 0 Å². The summed E-state index contributed by atoms with van der Waals surface area (Å²) in [6.45, 7) is -0.0753. The molecule has 9 heteroatoms. The molecule has 114 valence electrons. The zero-order valence-corrected chi connectivity index (χ0v) is 11.8. The van der Waals surface area contributed by atoms with Crippen LogP contribution in [0, 0.1) is 0 Å². The molecule has 22 heavy (non-hydrogen) atoms. The normalized spacial score (nSPS) is 11.8. The Morgan fingerprint density at radius 1 is 1.14 bits per heavy atom. The van der Waals surface area contributed by atoms with Crippen molar-refractivity contribution in [2.75, 3.05) is 0 Å². The van der Waals surface area contributed by atoms with Gasteiger partial charge in [-0.3, -0.25) is 0 Å². The van der Waals surface area contributed by atoms with Gasteiger partial charge in [0.15, 0.2) is 0 Å². The fourth-order valence-electron chi connectivity index (χ4n) is 1.92. The predicted molar refractivity (Wildman–Crippen MR) is 74.0 cm³/mol. The Labute approximate surface area is 126 Å². The second kappa shape index (κ2) is 5.41. The SMILES string of the molecule is O=c1n(Cc2cccc(C(F)(F)F)c2)nnn1-c1cccs1. The number of alkyl halides is 3. The van der Waals surface area contributed by atoms with Crippen molar-refractivity contribution in [1.82, 2.24) is 19.8 Å². The summed E-state index contributed by atoms with van der Waals surface area (Å²) in [4.78, 5) is 12.1. The summed E-state index contributed by atoms with van der Waals surface area (Å²) in [7, 11) is 0. The van der Waals surface area contributed by atoms with E-state index in [0.717, 1.165) is 21.5 Å². The number of nitrogens with zero attached hydrogens (tertiary/aromatic N) is 4. The lowest BCUT2D eigenvalue weighted by atomic mass is 10.1. The molecule has 0 atom stereocenters. The van der Waals surface area contributed by atoms with Gasteiger partial charge in [-0.1, -0.05) is 12.1 Å². The molecule has 1 aromatic carbocycles. The summed E-state index contributed by atoms with van der Waals surface area (Å²) in [5.74, 6) is 0. The lowest BCUT2D eigenvalue weighted by Crippen LogP contribution is -2.24. The van der Waals surface area contributed by atoms with Crippen LogP contribution in [-0.4, -0.2) is 19.8 Å². The molecule has 5 nitrogen and oxygen atoms in total. The van der Waals surface area contributed by atoms with Gasteiger partial charge in [0.05, 0.1) is 12.1 Å². The zero-order chi connectivity index (χ0) is 15.7. The summed E-state index contributed by atoms with van der Waals surface area (Å²) >= 11 is 1.31. The molecule has 3 aromatic rings. The van der Waals surface area contributed by atoms with Gasteiger partial charge >= 0.3 is 11.9 Å². The van der Waals surface area contributed by atoms with Crippen LogP contribution >= 0.6 is 11.3 Å². The molecule has 0 bridgehead atoms. The first-order chi connectivity index (χ1) is 10.4. The third-order valence-corrected chi connectivity index (χ3v) is 3.78. The summed E-state index contributed by atoms with van der Waals surface area (Å²) < 4.78 is 40.2. The fraction of sp³-hybridized carbons (Fsp3) is 0.154. The Balaban J connectivity index is 1.90. The number of hydrogen-bond acceptors (Lipinski definition) is 4. The van der Waals surface area contributed by atoms with Crippen LogP contribution in [0.2, 0.25) is 0 Å². The van der Waals surface area contributed by atoms with Crippen molar-refractivity contribution < 1.29 is 13.2 Å². The van der Waals surface area contributed by atoms with Crippen molar-refractivity contribution in [3.05, 3.63) is 63.4 Å². The number of benzene rings is 1. The smallest absolute Gasteiger partial charge is 0.244 e. The molecule has 0 unspecified atom stereocenters. The largest absolute Gasteiger partial charge is 0.416 e. The Morgan fingerprint density at radius 3 is 2.64 bits per heavy atom. The van der Waals surface area contributed by atoms with Gasteiger partial charge < -0.3 is 0 Å². The van der Waals surface area contributed by atoms with Crippen molar-refractivity contribution in [2.24, 2.45) is 0 Å². The average Bonchev–Trinajstić information content (AvgIpc) is 3.09. The van der Waals surface area contributed by atoms with Crippen LogP contribution in [0.4, 0.5) is 13.2 Å². The minimum atomic E-state index is -4.42. The van der Waals surface area contributed by atoms with E-state index in [1.54, 1.807) is 17.5 Å². The van der Waals surface area contributed by atoms with Crippen LogP contribution < -0.4 is 5.69 Å². The molecule has 0 aliphatic carbocycles. The van der Waals surface area contributed by atoms with Crippen molar-refractivity contribution in [1.29, 1.82) is 0 Å². The number of rotatable bonds is 3. The maximum atomic E-state index is 12.7. The van der Waals surface area contributed by atoms with E-state index in [1.807, 2.05) is 0 Å². The predicted octanol–water partition coefficient (Wildman–Crippen LogP) is 2.56. The van der Waals surface area contributed by atoms with Gasteiger partial charge in [-0.15, -0.1) is 11.3 Å². The minimum absolute atomic E-state index is 0.0753. The molecule has 2 aromatic heterocycles. The molecule has 0 saturated carbocycles. The lowest BCUT2D eigenvalue weighted by molar-refractivity contribution is -0.137. The van der Waals surface area contributed by atoms with E-state index in [-0.39, 0.29) is 6.54 Å². The summed E-state index contributed by atoms with van der Waals surface area (Å²) in [6.07, 6.45) is -4.42. The highest BCUT2D eigenvalue weighted by atomic mass is 32.1. The van der Waals surface area contributed by atoms with Crippen LogP contribution in [0.25, 0.3) is 5.00 Å². The van der Waals surface area contributed by atoms with E-state index < -0.39 is 17.4 Å². The first-order valence-corrected chi connectivity index (χ1v) is 7.06. The molecular formula is C13H9F3N4OS. The highest BCUT2D eigenvalue weighted by molar-refractivity contribution is 7.12. The topological polar surface area (TPSA) is 52.7 Å². The van der Waals surface area contributed by atoms with Crippen molar-refractivity contribution in [3.8, 4) is 5.00 Å². The Bertz CT molecular complexity index is 836. The number of halogens is 3. The van der Waals surface area contributed by atoms with E-state index in [0.29, 0.717) is 10.6 Å². The van der Waals surface area contributed by atoms with Gasteiger partial charge in [-0.05, 0) is 45.6 Å². The molecule has 0 saturated heterocycles. The Hall–Kier alpha value is -2.42. The molecule has 0 aliphatic rings. The van der Waals surface area contributed by atoms with E-state index in [4.69, 9.17) is 0 Å². The van der Waals surface area contributed by atoms with Crippen LogP contribution in [0.15, 0.2) is 46.6 Å². The maximum Gasteiger partial charge on any atom is 0.416 e. The lowest BCUT2D eigenvalue weighted by Gasteiger charge is -2.08. The number of aromatic nitrogens is 4. The number of tetrazole rings is 1. The Morgan fingerprint density at radius 2 is 1.95 bits per heavy atom. The molecular weight excluding hydrogens is 317 g/mol. The quantitative estimate of drug-likeness (QED) is 0.743. The maximum absolute atomic E-state index is 12.7. The van der Waals surface area contributed by atoms with Crippen molar-refractivity contribution >= 4 is 11.3 Å². The van der Waals surface area contributed by atoms with E-state index in [1.165, 1.54) is 23.5 Å². The van der Waals surface area contributed by atoms with Crippen LogP contribution in [0.5, 0.6) is 0 Å². The van der Waals surface area contributed by atoms with Gasteiger partial charge in [0.1, 0.15) is 5.00 Å². The van der Waals surface area contributed by atoms with Gasteiger partial charge in [-0.2, -0.15) is 22.5 Å². The Kier molecular flexibility index (Phi) is 3.57. The highest BCUT2D eigenvalue weighted by Gasteiger charge is 2.30. The van der Waals surface area contributed by atoms with Gasteiger partial charge in [0.25, 0.3) is 0 Å². The average molecular weight is 326 g/mol. The minimum Gasteiger partial charge on any atom is -0.244 e. The summed E-state index contributed by atoms with van der Waals surface area (Å²) in [5.41, 5.74) is -0.932. The number of thiophene rings is 1. The molecule has 0 aliphatic heterocycles. The molecule has 0 spiro atoms. The second-order valence-corrected chi connectivity index (χ2v) is 5.41. The molecule has 3 rings (SSSR count).